The summed E-state index contributed by atoms with van der Waals surface area (Å²) in [6.45, 7) is 13.9. The molecule has 0 saturated heterocycles. The Morgan fingerprint density at radius 1 is 1.28 bits per heavy atom. The molecule has 1 atom stereocenters. The van der Waals surface area contributed by atoms with Crippen molar-refractivity contribution in [3.05, 3.63) is 34.9 Å². The van der Waals surface area contributed by atoms with E-state index in [2.05, 4.69) is 58.1 Å². The molecule has 3 N–H and O–H groups in total. The Bertz CT molecular complexity index is 383. The van der Waals surface area contributed by atoms with Gasteiger partial charge in [-0.3, -0.25) is 0 Å². The van der Waals surface area contributed by atoms with Crippen molar-refractivity contribution in [3.8, 4) is 0 Å². The monoisotopic (exact) mass is 248 g/mol. The quantitative estimate of drug-likeness (QED) is 0.812. The summed E-state index contributed by atoms with van der Waals surface area (Å²) in [5, 5.41) is 3.54. The average Bonchev–Trinajstić information content (AvgIpc) is 2.31. The van der Waals surface area contributed by atoms with Gasteiger partial charge in [0.2, 0.25) is 0 Å². The fourth-order valence-electron chi connectivity index (χ4n) is 2.27. The van der Waals surface area contributed by atoms with Gasteiger partial charge >= 0.3 is 0 Å². The van der Waals surface area contributed by atoms with Gasteiger partial charge in [-0.05, 0) is 44.0 Å². The van der Waals surface area contributed by atoms with Gasteiger partial charge in [-0.15, -0.1) is 0 Å². The first-order valence-electron chi connectivity index (χ1n) is 6.85. The first-order chi connectivity index (χ1) is 8.36. The van der Waals surface area contributed by atoms with E-state index in [1.165, 1.54) is 16.7 Å². The van der Waals surface area contributed by atoms with Crippen molar-refractivity contribution in [2.75, 3.05) is 19.6 Å². The highest BCUT2D eigenvalue weighted by Gasteiger charge is 2.22. The number of hydrogen-bond donors (Lipinski definition) is 2. The number of nitrogens with one attached hydrogen (secondary N) is 1. The van der Waals surface area contributed by atoms with Crippen LogP contribution in [0.4, 0.5) is 0 Å². The van der Waals surface area contributed by atoms with Crippen molar-refractivity contribution in [3.63, 3.8) is 0 Å². The molecule has 0 heterocycles. The third kappa shape index (κ3) is 4.11. The first-order valence-corrected chi connectivity index (χ1v) is 6.85. The van der Waals surface area contributed by atoms with Crippen LogP contribution in [0.5, 0.6) is 0 Å². The Kier molecular flexibility index (Phi) is 5.36. The van der Waals surface area contributed by atoms with Crippen LogP contribution in [0, 0.1) is 19.8 Å². The third-order valence-corrected chi connectivity index (χ3v) is 3.58. The molecule has 0 fully saturated rings. The van der Waals surface area contributed by atoms with E-state index in [1.807, 2.05) is 0 Å². The molecule has 2 nitrogen and oxygen atoms in total. The summed E-state index contributed by atoms with van der Waals surface area (Å²) < 4.78 is 0. The maximum atomic E-state index is 5.64. The molecule has 18 heavy (non-hydrogen) atoms. The van der Waals surface area contributed by atoms with Gasteiger partial charge in [0.05, 0.1) is 0 Å². The zero-order chi connectivity index (χ0) is 13.8. The maximum absolute atomic E-state index is 5.64. The highest BCUT2D eigenvalue weighted by molar-refractivity contribution is 5.36. The van der Waals surface area contributed by atoms with Crippen LogP contribution in [0.25, 0.3) is 0 Å². The van der Waals surface area contributed by atoms with E-state index in [0.717, 1.165) is 19.6 Å². The predicted molar refractivity (Wildman–Crippen MR) is 80.0 cm³/mol. The second-order valence-electron chi connectivity index (χ2n) is 6.17. The van der Waals surface area contributed by atoms with Gasteiger partial charge < -0.3 is 11.1 Å². The molecular weight excluding hydrogens is 220 g/mol. The Balaban J connectivity index is 2.70. The third-order valence-electron chi connectivity index (χ3n) is 3.58. The molecule has 1 aromatic rings. The van der Waals surface area contributed by atoms with E-state index in [-0.39, 0.29) is 5.41 Å². The zero-order valence-corrected chi connectivity index (χ0v) is 12.5. The van der Waals surface area contributed by atoms with Gasteiger partial charge in [0.25, 0.3) is 0 Å². The second-order valence-corrected chi connectivity index (χ2v) is 6.17. The van der Waals surface area contributed by atoms with Crippen LogP contribution >= 0.6 is 0 Å². The smallest absolute Gasteiger partial charge is 0.00434 e. The fraction of sp³-hybridized carbons (Fsp3) is 0.625. The van der Waals surface area contributed by atoms with Crippen LogP contribution in [0.15, 0.2) is 18.2 Å². The van der Waals surface area contributed by atoms with Gasteiger partial charge in [0.1, 0.15) is 0 Å². The van der Waals surface area contributed by atoms with Gasteiger partial charge in [0.15, 0.2) is 0 Å². The average molecular weight is 248 g/mol. The molecule has 102 valence electrons. The highest BCUT2D eigenvalue weighted by atomic mass is 14.9. The van der Waals surface area contributed by atoms with E-state index in [0.29, 0.717) is 5.92 Å². The van der Waals surface area contributed by atoms with Crippen LogP contribution in [-0.4, -0.2) is 19.6 Å². The molecule has 0 saturated carbocycles. The topological polar surface area (TPSA) is 38.0 Å². The largest absolute Gasteiger partial charge is 0.330 e. The van der Waals surface area contributed by atoms with Crippen molar-refractivity contribution in [1.29, 1.82) is 0 Å². The predicted octanol–water partition coefficient (Wildman–Crippen LogP) is 2.77. The van der Waals surface area contributed by atoms with E-state index >= 15 is 0 Å². The minimum Gasteiger partial charge on any atom is -0.330 e. The molecule has 0 aliphatic rings. The van der Waals surface area contributed by atoms with Crippen LogP contribution in [0.1, 0.15) is 37.5 Å². The Hall–Kier alpha value is -0.860. The lowest BCUT2D eigenvalue weighted by Crippen LogP contribution is -2.37. The molecule has 0 aromatic heterocycles. The summed E-state index contributed by atoms with van der Waals surface area (Å²) in [5.41, 5.74) is 9.94. The molecule has 0 bridgehead atoms. The summed E-state index contributed by atoms with van der Waals surface area (Å²) in [6, 6.07) is 6.71. The second kappa shape index (κ2) is 6.35. The summed E-state index contributed by atoms with van der Waals surface area (Å²) in [6.07, 6.45) is 0. The molecule has 0 aliphatic carbocycles. The molecule has 0 spiro atoms. The van der Waals surface area contributed by atoms with Crippen LogP contribution < -0.4 is 11.1 Å². The minimum atomic E-state index is 0.157. The highest BCUT2D eigenvalue weighted by Crippen LogP contribution is 2.26. The van der Waals surface area contributed by atoms with Crippen LogP contribution in [0.3, 0.4) is 0 Å². The lowest BCUT2D eigenvalue weighted by molar-refractivity contribution is 0.433. The first kappa shape index (κ1) is 15.2. The number of hydrogen-bond acceptors (Lipinski definition) is 2. The van der Waals surface area contributed by atoms with Crippen LogP contribution in [-0.2, 0) is 5.41 Å². The summed E-state index contributed by atoms with van der Waals surface area (Å²) in [7, 11) is 0. The fourth-order valence-corrected chi connectivity index (χ4v) is 2.27. The molecule has 1 aromatic carbocycles. The van der Waals surface area contributed by atoms with Crippen molar-refractivity contribution in [2.24, 2.45) is 11.7 Å². The van der Waals surface area contributed by atoms with Crippen molar-refractivity contribution in [2.45, 2.75) is 40.0 Å². The molecule has 0 radical (unpaired) electrons. The standard InChI is InChI=1S/C16H28N2/c1-12-6-7-14(3)15(8-12)16(4,5)11-18-10-13(2)9-17/h6-8,13,18H,9-11,17H2,1-5H3. The summed E-state index contributed by atoms with van der Waals surface area (Å²) >= 11 is 0. The zero-order valence-electron chi connectivity index (χ0n) is 12.5. The molecule has 1 unspecified atom stereocenters. The van der Waals surface area contributed by atoms with Gasteiger partial charge in [-0.2, -0.15) is 0 Å². The summed E-state index contributed by atoms with van der Waals surface area (Å²) in [4.78, 5) is 0. The molecule has 1 rings (SSSR count). The summed E-state index contributed by atoms with van der Waals surface area (Å²) in [5.74, 6) is 0.541. The minimum absolute atomic E-state index is 0.157. The van der Waals surface area contributed by atoms with E-state index in [9.17, 15) is 0 Å². The number of aryl methyl sites for hydroxylation is 2. The van der Waals surface area contributed by atoms with Gasteiger partial charge in [-0.1, -0.05) is 44.5 Å². The molecule has 0 aliphatic heterocycles. The number of nitrogens with two attached hydrogens (primary N) is 1. The number of benzene rings is 1. The Labute approximate surface area is 112 Å². The van der Waals surface area contributed by atoms with E-state index in [4.69, 9.17) is 5.73 Å². The van der Waals surface area contributed by atoms with E-state index < -0.39 is 0 Å². The normalized spacial score (nSPS) is 13.7. The molecule has 0 amide bonds. The molecular formula is C16H28N2. The Morgan fingerprint density at radius 2 is 1.94 bits per heavy atom. The van der Waals surface area contributed by atoms with Crippen molar-refractivity contribution in [1.82, 2.24) is 5.32 Å². The lowest BCUT2D eigenvalue weighted by atomic mass is 9.81. The van der Waals surface area contributed by atoms with Crippen LogP contribution in [0.2, 0.25) is 0 Å². The molecule has 2 heteroatoms. The SMILES string of the molecule is Cc1ccc(C)c(C(C)(C)CNCC(C)CN)c1. The van der Waals surface area contributed by atoms with E-state index in [1.54, 1.807) is 0 Å². The van der Waals surface area contributed by atoms with Crippen molar-refractivity contribution >= 4 is 0 Å². The lowest BCUT2D eigenvalue weighted by Gasteiger charge is -2.28. The number of rotatable bonds is 6. The van der Waals surface area contributed by atoms with Crippen molar-refractivity contribution < 1.29 is 0 Å². The Morgan fingerprint density at radius 3 is 2.56 bits per heavy atom. The van der Waals surface area contributed by atoms with Gasteiger partial charge in [0, 0.05) is 12.0 Å². The van der Waals surface area contributed by atoms with Gasteiger partial charge in [-0.25, -0.2) is 0 Å². The maximum Gasteiger partial charge on any atom is 0.00434 e.